The standard InChI is InChI=1S/C14H24N.ClH/c1-4-15(5-2,6-3)13-12-14-10-8-7-9-11-14;/h7-11H,4-6,12-13H2,1-3H3;1H/q+1;/p-1. The molecule has 1 aromatic carbocycles. The van der Waals surface area contributed by atoms with Crippen LogP contribution in [0.25, 0.3) is 0 Å². The molecule has 0 bridgehead atoms. The molecule has 1 nitrogen and oxygen atoms in total. The number of benzene rings is 1. The molecule has 0 spiro atoms. The smallest absolute Gasteiger partial charge is 0.0827 e. The van der Waals surface area contributed by atoms with Gasteiger partial charge in [-0.25, -0.2) is 0 Å². The Kier molecular flexibility index (Phi) is 7.44. The van der Waals surface area contributed by atoms with E-state index in [1.165, 1.54) is 42.6 Å². The monoisotopic (exact) mass is 241 g/mol. The van der Waals surface area contributed by atoms with E-state index in [1.807, 2.05) is 0 Å². The molecule has 92 valence electrons. The van der Waals surface area contributed by atoms with Gasteiger partial charge in [0.2, 0.25) is 0 Å². The molecule has 1 rings (SSSR count). The quantitative estimate of drug-likeness (QED) is 0.621. The van der Waals surface area contributed by atoms with Crippen LogP contribution in [0.3, 0.4) is 0 Å². The van der Waals surface area contributed by atoms with Crippen LogP contribution in [0.1, 0.15) is 26.3 Å². The first-order valence-electron chi connectivity index (χ1n) is 6.15. The van der Waals surface area contributed by atoms with Crippen molar-refractivity contribution in [3.63, 3.8) is 0 Å². The summed E-state index contributed by atoms with van der Waals surface area (Å²) in [6.07, 6.45) is 1.20. The van der Waals surface area contributed by atoms with E-state index in [9.17, 15) is 0 Å². The minimum Gasteiger partial charge on any atom is -1.00 e. The Morgan fingerprint density at radius 3 is 1.81 bits per heavy atom. The van der Waals surface area contributed by atoms with Crippen LogP contribution in [0.15, 0.2) is 30.3 Å². The molecular formula is C14H24ClN. The van der Waals surface area contributed by atoms with E-state index in [-0.39, 0.29) is 12.4 Å². The van der Waals surface area contributed by atoms with Crippen LogP contribution in [-0.4, -0.2) is 30.7 Å². The molecule has 0 heterocycles. The lowest BCUT2D eigenvalue weighted by atomic mass is 10.1. The zero-order valence-electron chi connectivity index (χ0n) is 10.7. The van der Waals surface area contributed by atoms with Crippen molar-refractivity contribution < 1.29 is 16.9 Å². The van der Waals surface area contributed by atoms with Gasteiger partial charge in [0.05, 0.1) is 26.2 Å². The van der Waals surface area contributed by atoms with Gasteiger partial charge in [0.1, 0.15) is 0 Å². The number of hydrogen-bond acceptors (Lipinski definition) is 0. The van der Waals surface area contributed by atoms with Gasteiger partial charge in [-0.05, 0) is 26.3 Å². The van der Waals surface area contributed by atoms with Crippen LogP contribution in [0.2, 0.25) is 0 Å². The van der Waals surface area contributed by atoms with Gasteiger partial charge < -0.3 is 16.9 Å². The highest BCUT2D eigenvalue weighted by atomic mass is 35.5. The molecule has 0 aromatic heterocycles. The SMILES string of the molecule is CC[N+](CC)(CC)CCc1ccccc1.[Cl-]. The molecule has 0 aliphatic carbocycles. The third kappa shape index (κ3) is 4.15. The zero-order valence-corrected chi connectivity index (χ0v) is 11.5. The first-order valence-corrected chi connectivity index (χ1v) is 6.15. The van der Waals surface area contributed by atoms with E-state index >= 15 is 0 Å². The number of likely N-dealkylation sites (N-methyl/N-ethyl adjacent to an activating group) is 1. The van der Waals surface area contributed by atoms with Crippen molar-refractivity contribution in [3.8, 4) is 0 Å². The van der Waals surface area contributed by atoms with Crippen molar-refractivity contribution in [2.75, 3.05) is 26.2 Å². The van der Waals surface area contributed by atoms with Crippen LogP contribution < -0.4 is 12.4 Å². The predicted octanol–water partition coefficient (Wildman–Crippen LogP) is 0.110. The number of quaternary nitrogens is 1. The number of nitrogens with zero attached hydrogens (tertiary/aromatic N) is 1. The Morgan fingerprint density at radius 1 is 0.875 bits per heavy atom. The maximum absolute atomic E-state index is 2.30. The van der Waals surface area contributed by atoms with Gasteiger partial charge >= 0.3 is 0 Å². The highest BCUT2D eigenvalue weighted by molar-refractivity contribution is 5.14. The maximum atomic E-state index is 2.30. The van der Waals surface area contributed by atoms with E-state index in [1.54, 1.807) is 0 Å². The molecule has 0 aliphatic rings. The molecule has 0 amide bonds. The fourth-order valence-corrected chi connectivity index (χ4v) is 2.16. The average Bonchev–Trinajstić information content (AvgIpc) is 2.33. The van der Waals surface area contributed by atoms with Crippen molar-refractivity contribution in [2.45, 2.75) is 27.2 Å². The Hall–Kier alpha value is -0.530. The highest BCUT2D eigenvalue weighted by Gasteiger charge is 2.19. The first-order chi connectivity index (χ1) is 7.26. The number of hydrogen-bond donors (Lipinski definition) is 0. The number of rotatable bonds is 6. The first kappa shape index (κ1) is 15.5. The molecule has 0 fully saturated rings. The summed E-state index contributed by atoms with van der Waals surface area (Å²) in [5.41, 5.74) is 1.47. The highest BCUT2D eigenvalue weighted by Crippen LogP contribution is 2.09. The summed E-state index contributed by atoms with van der Waals surface area (Å²) >= 11 is 0. The molecule has 0 aliphatic heterocycles. The lowest BCUT2D eigenvalue weighted by Gasteiger charge is -2.35. The minimum absolute atomic E-state index is 0. The van der Waals surface area contributed by atoms with Crippen LogP contribution in [0.5, 0.6) is 0 Å². The minimum atomic E-state index is 0. The Labute approximate surface area is 106 Å². The molecule has 0 N–H and O–H groups in total. The summed E-state index contributed by atoms with van der Waals surface area (Å²) < 4.78 is 1.24. The zero-order chi connectivity index (χ0) is 11.1. The van der Waals surface area contributed by atoms with Crippen LogP contribution in [-0.2, 0) is 6.42 Å². The maximum Gasteiger partial charge on any atom is 0.0827 e. The summed E-state index contributed by atoms with van der Waals surface area (Å²) in [4.78, 5) is 0. The van der Waals surface area contributed by atoms with Gasteiger partial charge in [-0.1, -0.05) is 30.3 Å². The number of halogens is 1. The lowest BCUT2D eigenvalue weighted by Crippen LogP contribution is -3.00. The van der Waals surface area contributed by atoms with E-state index in [2.05, 4.69) is 51.1 Å². The summed E-state index contributed by atoms with van der Waals surface area (Å²) in [5, 5.41) is 0. The fraction of sp³-hybridized carbons (Fsp3) is 0.571. The second-order valence-corrected chi connectivity index (χ2v) is 4.25. The molecule has 16 heavy (non-hydrogen) atoms. The van der Waals surface area contributed by atoms with Crippen molar-refractivity contribution in [3.05, 3.63) is 35.9 Å². The van der Waals surface area contributed by atoms with Crippen molar-refractivity contribution in [2.24, 2.45) is 0 Å². The topological polar surface area (TPSA) is 0 Å². The van der Waals surface area contributed by atoms with Gasteiger partial charge in [-0.3, -0.25) is 0 Å². The van der Waals surface area contributed by atoms with Gasteiger partial charge in [0.25, 0.3) is 0 Å². The van der Waals surface area contributed by atoms with Gasteiger partial charge in [-0.2, -0.15) is 0 Å². The third-order valence-electron chi connectivity index (χ3n) is 3.73. The van der Waals surface area contributed by atoms with E-state index in [4.69, 9.17) is 0 Å². The Morgan fingerprint density at radius 2 is 1.38 bits per heavy atom. The largest absolute Gasteiger partial charge is 1.00 e. The van der Waals surface area contributed by atoms with E-state index < -0.39 is 0 Å². The van der Waals surface area contributed by atoms with Crippen LogP contribution in [0, 0.1) is 0 Å². The van der Waals surface area contributed by atoms with E-state index in [0.717, 1.165) is 0 Å². The summed E-state index contributed by atoms with van der Waals surface area (Å²) in [5.74, 6) is 0. The van der Waals surface area contributed by atoms with Gasteiger partial charge in [0, 0.05) is 6.42 Å². The fourth-order valence-electron chi connectivity index (χ4n) is 2.16. The normalized spacial score (nSPS) is 10.9. The molecular weight excluding hydrogens is 218 g/mol. The Bertz CT molecular complexity index is 259. The van der Waals surface area contributed by atoms with Crippen LogP contribution >= 0.6 is 0 Å². The van der Waals surface area contributed by atoms with Gasteiger partial charge in [0.15, 0.2) is 0 Å². The average molecular weight is 242 g/mol. The molecule has 0 unspecified atom stereocenters. The van der Waals surface area contributed by atoms with Crippen molar-refractivity contribution in [1.82, 2.24) is 0 Å². The second-order valence-electron chi connectivity index (χ2n) is 4.25. The third-order valence-corrected chi connectivity index (χ3v) is 3.73. The van der Waals surface area contributed by atoms with Crippen molar-refractivity contribution in [1.29, 1.82) is 0 Å². The predicted molar refractivity (Wildman–Crippen MR) is 66.9 cm³/mol. The second kappa shape index (κ2) is 7.70. The summed E-state index contributed by atoms with van der Waals surface area (Å²) in [6, 6.07) is 10.8. The van der Waals surface area contributed by atoms with Gasteiger partial charge in [-0.15, -0.1) is 0 Å². The summed E-state index contributed by atoms with van der Waals surface area (Å²) in [6.45, 7) is 11.9. The van der Waals surface area contributed by atoms with E-state index in [0.29, 0.717) is 0 Å². The van der Waals surface area contributed by atoms with Crippen molar-refractivity contribution >= 4 is 0 Å². The Balaban J connectivity index is 0.00000225. The lowest BCUT2D eigenvalue weighted by molar-refractivity contribution is -0.923. The molecule has 0 saturated heterocycles. The van der Waals surface area contributed by atoms with Crippen LogP contribution in [0.4, 0.5) is 0 Å². The molecule has 0 saturated carbocycles. The molecule has 0 radical (unpaired) electrons. The molecule has 1 aromatic rings. The molecule has 0 atom stereocenters. The molecule has 2 heteroatoms. The summed E-state index contributed by atoms with van der Waals surface area (Å²) in [7, 11) is 0.